The Hall–Kier alpha value is -3.09. The summed E-state index contributed by atoms with van der Waals surface area (Å²) in [6, 6.07) is 25.0. The Kier molecular flexibility index (Phi) is 7.70. The number of nitrogens with zero attached hydrogens (tertiary/aromatic N) is 2. The highest BCUT2D eigenvalue weighted by molar-refractivity contribution is 8.00. The molecule has 174 valence electrons. The average molecular weight is 492 g/mol. The molecule has 0 fully saturated rings. The maximum absolute atomic E-state index is 13.3. The van der Waals surface area contributed by atoms with Gasteiger partial charge in [-0.25, -0.2) is 4.98 Å². The van der Waals surface area contributed by atoms with Crippen LogP contribution in [0.15, 0.2) is 83.7 Å². The molecule has 1 atom stereocenters. The van der Waals surface area contributed by atoms with Gasteiger partial charge in [-0.2, -0.15) is 0 Å². The Bertz CT molecular complexity index is 1320. The van der Waals surface area contributed by atoms with Crippen molar-refractivity contribution in [2.24, 2.45) is 0 Å². The first-order chi connectivity index (χ1) is 16.4. The van der Waals surface area contributed by atoms with Gasteiger partial charge in [0, 0.05) is 11.1 Å². The average Bonchev–Trinajstić information content (AvgIpc) is 2.84. The van der Waals surface area contributed by atoms with E-state index in [0.717, 1.165) is 11.1 Å². The van der Waals surface area contributed by atoms with Crippen molar-refractivity contribution >= 4 is 40.2 Å². The summed E-state index contributed by atoms with van der Waals surface area (Å²) in [7, 11) is 0. The minimum absolute atomic E-state index is 0.00460. The molecule has 0 saturated heterocycles. The molecule has 0 aliphatic rings. The second-order valence-electron chi connectivity index (χ2n) is 8.30. The quantitative estimate of drug-likeness (QED) is 0.336. The highest BCUT2D eigenvalue weighted by atomic mass is 35.5. The molecule has 0 aliphatic carbocycles. The van der Waals surface area contributed by atoms with E-state index < -0.39 is 0 Å². The number of benzene rings is 3. The highest BCUT2D eigenvalue weighted by Gasteiger charge is 2.22. The van der Waals surface area contributed by atoms with Crippen molar-refractivity contribution in [3.63, 3.8) is 0 Å². The topological polar surface area (TPSA) is 66.1 Å². The van der Waals surface area contributed by atoms with Gasteiger partial charge in [-0.1, -0.05) is 66.2 Å². The number of carbonyl (C=O) groups is 1. The SMILES string of the molecule is CC(C)N(Cc1nc2ccccc2c(=O)[nH]1)C(=O)CSC(c1ccccc1)c1ccc(Cl)cc1. The van der Waals surface area contributed by atoms with Gasteiger partial charge in [0.1, 0.15) is 5.82 Å². The first-order valence-electron chi connectivity index (χ1n) is 11.1. The number of carbonyl (C=O) groups excluding carboxylic acids is 1. The van der Waals surface area contributed by atoms with Gasteiger partial charge in [0.2, 0.25) is 5.91 Å². The van der Waals surface area contributed by atoms with Crippen LogP contribution in [0.3, 0.4) is 0 Å². The predicted molar refractivity (Wildman–Crippen MR) is 140 cm³/mol. The van der Waals surface area contributed by atoms with Gasteiger partial charge in [0.15, 0.2) is 0 Å². The molecule has 1 aromatic heterocycles. The zero-order valence-electron chi connectivity index (χ0n) is 19.1. The number of halogens is 1. The van der Waals surface area contributed by atoms with Crippen molar-refractivity contribution < 1.29 is 4.79 Å². The van der Waals surface area contributed by atoms with Crippen LogP contribution in [0, 0.1) is 0 Å². The van der Waals surface area contributed by atoms with Gasteiger partial charge in [-0.3, -0.25) is 9.59 Å². The molecular formula is C27H26ClN3O2S. The molecule has 0 spiro atoms. The van der Waals surface area contributed by atoms with Crippen LogP contribution < -0.4 is 5.56 Å². The molecular weight excluding hydrogens is 466 g/mol. The van der Waals surface area contributed by atoms with E-state index in [2.05, 4.69) is 22.1 Å². The van der Waals surface area contributed by atoms with Gasteiger partial charge in [-0.15, -0.1) is 11.8 Å². The number of hydrogen-bond acceptors (Lipinski definition) is 4. The van der Waals surface area contributed by atoms with E-state index in [4.69, 9.17) is 11.6 Å². The van der Waals surface area contributed by atoms with Crippen LogP contribution in [-0.4, -0.2) is 32.6 Å². The molecule has 3 aromatic carbocycles. The Morgan fingerprint density at radius 2 is 1.62 bits per heavy atom. The summed E-state index contributed by atoms with van der Waals surface area (Å²) in [5.74, 6) is 0.761. The fraction of sp³-hybridized carbons (Fsp3) is 0.222. The van der Waals surface area contributed by atoms with E-state index in [-0.39, 0.29) is 35.1 Å². The molecule has 34 heavy (non-hydrogen) atoms. The van der Waals surface area contributed by atoms with Crippen LogP contribution >= 0.6 is 23.4 Å². The van der Waals surface area contributed by atoms with Crippen molar-refractivity contribution in [2.75, 3.05) is 5.75 Å². The molecule has 0 radical (unpaired) electrons. The summed E-state index contributed by atoms with van der Waals surface area (Å²) in [6.45, 7) is 4.18. The van der Waals surface area contributed by atoms with Crippen molar-refractivity contribution in [1.82, 2.24) is 14.9 Å². The molecule has 4 aromatic rings. The predicted octanol–water partition coefficient (Wildman–Crippen LogP) is 5.84. The third-order valence-electron chi connectivity index (χ3n) is 5.57. The van der Waals surface area contributed by atoms with Crippen molar-refractivity contribution in [1.29, 1.82) is 0 Å². The molecule has 0 aliphatic heterocycles. The zero-order chi connectivity index (χ0) is 24.1. The van der Waals surface area contributed by atoms with E-state index in [1.165, 1.54) is 0 Å². The van der Waals surface area contributed by atoms with Gasteiger partial charge < -0.3 is 9.88 Å². The molecule has 4 rings (SSSR count). The number of aromatic nitrogens is 2. The number of aromatic amines is 1. The normalized spacial score (nSPS) is 12.1. The van der Waals surface area contributed by atoms with Crippen LogP contribution in [-0.2, 0) is 11.3 Å². The summed E-state index contributed by atoms with van der Waals surface area (Å²) >= 11 is 7.67. The van der Waals surface area contributed by atoms with Crippen LogP contribution in [0.1, 0.15) is 36.0 Å². The Balaban J connectivity index is 1.53. The fourth-order valence-electron chi connectivity index (χ4n) is 3.82. The van der Waals surface area contributed by atoms with E-state index in [1.54, 1.807) is 22.7 Å². The zero-order valence-corrected chi connectivity index (χ0v) is 20.6. The standard InChI is InChI=1S/C27H26ClN3O2S/c1-18(2)31(16-24-29-23-11-7-6-10-22(23)27(33)30-24)25(32)17-34-26(19-8-4-3-5-9-19)20-12-14-21(28)15-13-20/h3-15,18,26H,16-17H2,1-2H3,(H,29,30,33). The molecule has 1 amide bonds. The minimum Gasteiger partial charge on any atom is -0.332 e. The molecule has 0 bridgehead atoms. The summed E-state index contributed by atoms with van der Waals surface area (Å²) in [4.78, 5) is 34.9. The van der Waals surface area contributed by atoms with Crippen molar-refractivity contribution in [3.05, 3.63) is 111 Å². The number of fused-ring (bicyclic) bond motifs is 1. The van der Waals surface area contributed by atoms with Crippen molar-refractivity contribution in [3.8, 4) is 0 Å². The number of para-hydroxylation sites is 1. The number of nitrogens with one attached hydrogen (secondary N) is 1. The molecule has 1 unspecified atom stereocenters. The number of hydrogen-bond donors (Lipinski definition) is 1. The first-order valence-corrected chi connectivity index (χ1v) is 12.5. The third kappa shape index (κ3) is 5.69. The summed E-state index contributed by atoms with van der Waals surface area (Å²) < 4.78 is 0. The lowest BCUT2D eigenvalue weighted by atomic mass is 10.0. The molecule has 1 N–H and O–H groups in total. The van der Waals surface area contributed by atoms with Crippen LogP contribution in [0.4, 0.5) is 0 Å². The summed E-state index contributed by atoms with van der Waals surface area (Å²) in [5.41, 5.74) is 2.64. The second kappa shape index (κ2) is 10.9. The van der Waals surface area contributed by atoms with Gasteiger partial charge in [0.05, 0.1) is 28.5 Å². The van der Waals surface area contributed by atoms with Crippen LogP contribution in [0.5, 0.6) is 0 Å². The third-order valence-corrected chi connectivity index (χ3v) is 7.12. The maximum atomic E-state index is 13.3. The lowest BCUT2D eigenvalue weighted by Gasteiger charge is -2.27. The van der Waals surface area contributed by atoms with E-state index in [0.29, 0.717) is 21.7 Å². The summed E-state index contributed by atoms with van der Waals surface area (Å²) in [5, 5.41) is 1.22. The van der Waals surface area contributed by atoms with E-state index in [9.17, 15) is 9.59 Å². The monoisotopic (exact) mass is 491 g/mol. The Labute approximate surface area is 208 Å². The number of rotatable bonds is 8. The van der Waals surface area contributed by atoms with E-state index >= 15 is 0 Å². The number of H-pyrrole nitrogens is 1. The molecule has 0 saturated carbocycles. The molecule has 7 heteroatoms. The first kappa shape index (κ1) is 24.0. The van der Waals surface area contributed by atoms with Crippen LogP contribution in [0.25, 0.3) is 10.9 Å². The Morgan fingerprint density at radius 3 is 2.32 bits per heavy atom. The highest BCUT2D eigenvalue weighted by Crippen LogP contribution is 2.36. The second-order valence-corrected chi connectivity index (χ2v) is 9.83. The minimum atomic E-state index is -0.196. The molecule has 5 nitrogen and oxygen atoms in total. The maximum Gasteiger partial charge on any atom is 0.258 e. The van der Waals surface area contributed by atoms with Gasteiger partial charge in [-0.05, 0) is 49.2 Å². The number of thioether (sulfide) groups is 1. The largest absolute Gasteiger partial charge is 0.332 e. The number of amides is 1. The van der Waals surface area contributed by atoms with Crippen LogP contribution in [0.2, 0.25) is 5.02 Å². The van der Waals surface area contributed by atoms with Gasteiger partial charge >= 0.3 is 0 Å². The molecule has 1 heterocycles. The van der Waals surface area contributed by atoms with Gasteiger partial charge in [0.25, 0.3) is 5.56 Å². The summed E-state index contributed by atoms with van der Waals surface area (Å²) in [6.07, 6.45) is 0. The van der Waals surface area contributed by atoms with E-state index in [1.807, 2.05) is 74.5 Å². The lowest BCUT2D eigenvalue weighted by Crippen LogP contribution is -2.38. The lowest BCUT2D eigenvalue weighted by molar-refractivity contribution is -0.130. The van der Waals surface area contributed by atoms with Crippen molar-refractivity contribution in [2.45, 2.75) is 31.7 Å². The Morgan fingerprint density at radius 1 is 0.971 bits per heavy atom. The fourth-order valence-corrected chi connectivity index (χ4v) is 5.12. The smallest absolute Gasteiger partial charge is 0.258 e.